The van der Waals surface area contributed by atoms with Crippen LogP contribution in [0.4, 0.5) is 0 Å². The van der Waals surface area contributed by atoms with Gasteiger partial charge in [-0.2, -0.15) is 0 Å². The minimum atomic E-state index is -0.786. The average molecular weight is 195 g/mol. The molecule has 0 spiro atoms. The lowest BCUT2D eigenvalue weighted by molar-refractivity contribution is -0.146. The summed E-state index contributed by atoms with van der Waals surface area (Å²) in [5, 5.41) is 8.96. The standard InChI is InChI=1S/C8H15ClO3/c1-6(2)5-12-8(11)3-7(10)4-9/h6-7,10H,3-5H2,1-2H3. The van der Waals surface area contributed by atoms with Crippen LogP contribution in [0.3, 0.4) is 0 Å². The van der Waals surface area contributed by atoms with Gasteiger partial charge < -0.3 is 9.84 Å². The molecule has 3 nitrogen and oxygen atoms in total. The molecule has 12 heavy (non-hydrogen) atoms. The Morgan fingerprint density at radius 2 is 2.17 bits per heavy atom. The molecule has 0 saturated heterocycles. The van der Waals surface area contributed by atoms with Gasteiger partial charge in [0.1, 0.15) is 0 Å². The molecule has 0 aliphatic carbocycles. The van der Waals surface area contributed by atoms with E-state index in [0.29, 0.717) is 12.5 Å². The molecular formula is C8H15ClO3. The van der Waals surface area contributed by atoms with Crippen LogP contribution in [0.5, 0.6) is 0 Å². The van der Waals surface area contributed by atoms with Crippen molar-refractivity contribution in [1.29, 1.82) is 0 Å². The Morgan fingerprint density at radius 3 is 2.58 bits per heavy atom. The molecular weight excluding hydrogens is 180 g/mol. The SMILES string of the molecule is CC(C)COC(=O)CC(O)CCl. The fourth-order valence-electron chi connectivity index (χ4n) is 0.565. The van der Waals surface area contributed by atoms with Crippen molar-refractivity contribution in [3.8, 4) is 0 Å². The quantitative estimate of drug-likeness (QED) is 0.528. The Labute approximate surface area is 77.7 Å². The highest BCUT2D eigenvalue weighted by atomic mass is 35.5. The number of esters is 1. The van der Waals surface area contributed by atoms with E-state index in [0.717, 1.165) is 0 Å². The van der Waals surface area contributed by atoms with Crippen molar-refractivity contribution in [3.63, 3.8) is 0 Å². The van der Waals surface area contributed by atoms with E-state index in [-0.39, 0.29) is 12.3 Å². The highest BCUT2D eigenvalue weighted by Gasteiger charge is 2.10. The highest BCUT2D eigenvalue weighted by Crippen LogP contribution is 1.99. The van der Waals surface area contributed by atoms with Crippen LogP contribution in [0.2, 0.25) is 0 Å². The Bertz CT molecular complexity index is 136. The Morgan fingerprint density at radius 1 is 1.58 bits per heavy atom. The van der Waals surface area contributed by atoms with Crippen LogP contribution in [-0.2, 0) is 9.53 Å². The lowest BCUT2D eigenvalue weighted by Crippen LogP contribution is -2.18. The maximum atomic E-state index is 10.9. The van der Waals surface area contributed by atoms with Gasteiger partial charge in [-0.3, -0.25) is 4.79 Å². The smallest absolute Gasteiger partial charge is 0.308 e. The van der Waals surface area contributed by atoms with E-state index in [1.165, 1.54) is 0 Å². The third-order valence-electron chi connectivity index (χ3n) is 1.16. The van der Waals surface area contributed by atoms with Gasteiger partial charge in [-0.15, -0.1) is 11.6 Å². The van der Waals surface area contributed by atoms with E-state index >= 15 is 0 Å². The summed E-state index contributed by atoms with van der Waals surface area (Å²) in [4.78, 5) is 10.9. The zero-order valence-electron chi connectivity index (χ0n) is 7.42. The first-order chi connectivity index (χ1) is 5.56. The third-order valence-corrected chi connectivity index (χ3v) is 1.51. The van der Waals surface area contributed by atoms with Gasteiger partial charge in [-0.1, -0.05) is 13.8 Å². The largest absolute Gasteiger partial charge is 0.465 e. The summed E-state index contributed by atoms with van der Waals surface area (Å²) in [5.41, 5.74) is 0. The van der Waals surface area contributed by atoms with E-state index in [1.54, 1.807) is 0 Å². The van der Waals surface area contributed by atoms with E-state index in [9.17, 15) is 4.79 Å². The third kappa shape index (κ3) is 6.43. The van der Waals surface area contributed by atoms with Gasteiger partial charge in [0.25, 0.3) is 0 Å². The van der Waals surface area contributed by atoms with Crippen molar-refractivity contribution >= 4 is 17.6 Å². The van der Waals surface area contributed by atoms with Crippen molar-refractivity contribution < 1.29 is 14.6 Å². The molecule has 0 aromatic rings. The lowest BCUT2D eigenvalue weighted by atomic mass is 10.2. The van der Waals surface area contributed by atoms with Gasteiger partial charge >= 0.3 is 5.97 Å². The second kappa shape index (κ2) is 6.26. The normalized spacial score (nSPS) is 13.1. The summed E-state index contributed by atoms with van der Waals surface area (Å²) in [7, 11) is 0. The molecule has 72 valence electrons. The molecule has 0 bridgehead atoms. The predicted octanol–water partition coefficient (Wildman–Crippen LogP) is 1.18. The van der Waals surface area contributed by atoms with E-state index < -0.39 is 12.1 Å². The number of rotatable bonds is 5. The average Bonchev–Trinajstić information content (AvgIpc) is 2.00. The van der Waals surface area contributed by atoms with Crippen LogP contribution < -0.4 is 0 Å². The molecule has 4 heteroatoms. The van der Waals surface area contributed by atoms with Gasteiger partial charge in [0, 0.05) is 5.88 Å². The molecule has 0 fully saturated rings. The predicted molar refractivity (Wildman–Crippen MR) is 47.1 cm³/mol. The molecule has 0 heterocycles. The first kappa shape index (κ1) is 11.7. The van der Waals surface area contributed by atoms with E-state index in [4.69, 9.17) is 21.4 Å². The number of halogens is 1. The first-order valence-corrected chi connectivity index (χ1v) is 4.49. The molecule has 1 unspecified atom stereocenters. The molecule has 0 rings (SSSR count). The minimum Gasteiger partial charge on any atom is -0.465 e. The van der Waals surface area contributed by atoms with Crippen molar-refractivity contribution in [1.82, 2.24) is 0 Å². The monoisotopic (exact) mass is 194 g/mol. The molecule has 0 aromatic carbocycles. The van der Waals surface area contributed by atoms with Crippen LogP contribution >= 0.6 is 11.6 Å². The number of aliphatic hydroxyl groups excluding tert-OH is 1. The summed E-state index contributed by atoms with van der Waals surface area (Å²) in [6.45, 7) is 4.30. The van der Waals surface area contributed by atoms with Crippen LogP contribution in [0.15, 0.2) is 0 Å². The number of hydrogen-bond acceptors (Lipinski definition) is 3. The highest BCUT2D eigenvalue weighted by molar-refractivity contribution is 6.18. The summed E-state index contributed by atoms with van der Waals surface area (Å²) in [6, 6.07) is 0. The van der Waals surface area contributed by atoms with Crippen molar-refractivity contribution in [3.05, 3.63) is 0 Å². The van der Waals surface area contributed by atoms with Crippen molar-refractivity contribution in [2.45, 2.75) is 26.4 Å². The molecule has 0 saturated carbocycles. The van der Waals surface area contributed by atoms with Crippen LogP contribution in [0, 0.1) is 5.92 Å². The Hall–Kier alpha value is -0.280. The fourth-order valence-corrected chi connectivity index (χ4v) is 0.675. The second-order valence-corrected chi connectivity index (χ2v) is 3.40. The summed E-state index contributed by atoms with van der Waals surface area (Å²) >= 11 is 5.30. The molecule has 1 N–H and O–H groups in total. The zero-order chi connectivity index (χ0) is 9.56. The number of hydrogen-bond donors (Lipinski definition) is 1. The van der Waals surface area contributed by atoms with Crippen LogP contribution in [0.1, 0.15) is 20.3 Å². The Balaban J connectivity index is 3.46. The second-order valence-electron chi connectivity index (χ2n) is 3.09. The fraction of sp³-hybridized carbons (Fsp3) is 0.875. The van der Waals surface area contributed by atoms with Crippen molar-refractivity contribution in [2.24, 2.45) is 5.92 Å². The van der Waals surface area contributed by atoms with Crippen LogP contribution in [0.25, 0.3) is 0 Å². The van der Waals surface area contributed by atoms with E-state index in [1.807, 2.05) is 13.8 Å². The summed E-state index contributed by atoms with van der Waals surface area (Å²) in [6.07, 6.45) is -0.803. The molecule has 0 aliphatic rings. The molecule has 0 aliphatic heterocycles. The maximum Gasteiger partial charge on any atom is 0.308 e. The Kier molecular flexibility index (Phi) is 6.11. The van der Waals surface area contributed by atoms with Gasteiger partial charge in [-0.05, 0) is 5.92 Å². The summed E-state index contributed by atoms with van der Waals surface area (Å²) < 4.78 is 4.82. The van der Waals surface area contributed by atoms with Crippen LogP contribution in [-0.4, -0.2) is 29.7 Å². The minimum absolute atomic E-state index is 0.0176. The molecule has 1 atom stereocenters. The molecule has 0 amide bonds. The molecule has 0 aromatic heterocycles. The molecule has 0 radical (unpaired) electrons. The van der Waals surface area contributed by atoms with Gasteiger partial charge in [0.15, 0.2) is 0 Å². The van der Waals surface area contributed by atoms with E-state index in [2.05, 4.69) is 0 Å². The number of aliphatic hydroxyl groups is 1. The number of alkyl halides is 1. The number of ether oxygens (including phenoxy) is 1. The van der Waals surface area contributed by atoms with Crippen molar-refractivity contribution in [2.75, 3.05) is 12.5 Å². The van der Waals surface area contributed by atoms with Gasteiger partial charge in [0.2, 0.25) is 0 Å². The zero-order valence-corrected chi connectivity index (χ0v) is 8.17. The number of carbonyl (C=O) groups excluding carboxylic acids is 1. The van der Waals surface area contributed by atoms with Gasteiger partial charge in [-0.25, -0.2) is 0 Å². The first-order valence-electron chi connectivity index (χ1n) is 3.96. The maximum absolute atomic E-state index is 10.9. The number of carbonyl (C=O) groups is 1. The topological polar surface area (TPSA) is 46.5 Å². The van der Waals surface area contributed by atoms with Gasteiger partial charge in [0.05, 0.1) is 19.1 Å². The summed E-state index contributed by atoms with van der Waals surface area (Å²) in [5.74, 6) is -0.00417. The lowest BCUT2D eigenvalue weighted by Gasteiger charge is -2.08.